The molecule has 0 aromatic rings. The average molecular weight is 157 g/mol. The van der Waals surface area contributed by atoms with Crippen molar-refractivity contribution in [1.82, 2.24) is 0 Å². The number of hydrogen-bond acceptors (Lipinski definition) is 3. The Labute approximate surface area is 65.2 Å². The topological polar surface area (TPSA) is 44.0 Å². The highest BCUT2D eigenvalue weighted by atomic mass is 32.2. The Kier molecular flexibility index (Phi) is 3.04. The van der Waals surface area contributed by atoms with Gasteiger partial charge in [-0.2, -0.15) is 17.0 Å². The average Bonchev–Trinajstić information content (AvgIpc) is 2.13. The summed E-state index contributed by atoms with van der Waals surface area (Å²) in [6, 6.07) is 2.13. The summed E-state index contributed by atoms with van der Waals surface area (Å²) in [5, 5.41) is 17.9. The lowest BCUT2D eigenvalue weighted by Gasteiger charge is -2.10. The molecule has 2 atom stereocenters. The third kappa shape index (κ3) is 1.89. The van der Waals surface area contributed by atoms with E-state index in [0.29, 0.717) is 0 Å². The molecule has 2 nitrogen and oxygen atoms in total. The van der Waals surface area contributed by atoms with Crippen molar-refractivity contribution in [1.29, 1.82) is 5.26 Å². The molecule has 0 aromatic heterocycles. The van der Waals surface area contributed by atoms with Crippen molar-refractivity contribution in [3.8, 4) is 6.07 Å². The van der Waals surface area contributed by atoms with Gasteiger partial charge in [-0.1, -0.05) is 0 Å². The fourth-order valence-corrected chi connectivity index (χ4v) is 2.09. The largest absolute Gasteiger partial charge is 0.392 e. The lowest BCUT2D eigenvalue weighted by molar-refractivity contribution is 0.131. The molecule has 1 saturated heterocycles. The Morgan fingerprint density at radius 3 is 2.80 bits per heavy atom. The molecule has 1 aliphatic rings. The highest BCUT2D eigenvalue weighted by molar-refractivity contribution is 7.99. The van der Waals surface area contributed by atoms with Crippen LogP contribution in [0.25, 0.3) is 0 Å². The zero-order valence-electron chi connectivity index (χ0n) is 5.79. The van der Waals surface area contributed by atoms with Crippen molar-refractivity contribution in [2.24, 2.45) is 5.92 Å². The van der Waals surface area contributed by atoms with E-state index in [4.69, 9.17) is 5.26 Å². The molecular formula is C7H11NOS. The van der Waals surface area contributed by atoms with E-state index in [-0.39, 0.29) is 12.0 Å². The normalized spacial score (nSPS) is 34.4. The van der Waals surface area contributed by atoms with E-state index in [1.807, 2.05) is 11.8 Å². The van der Waals surface area contributed by atoms with Crippen LogP contribution < -0.4 is 0 Å². The van der Waals surface area contributed by atoms with Crippen molar-refractivity contribution in [3.63, 3.8) is 0 Å². The van der Waals surface area contributed by atoms with E-state index in [1.54, 1.807) is 0 Å². The molecule has 56 valence electrons. The molecule has 0 unspecified atom stereocenters. The lowest BCUT2D eigenvalue weighted by Crippen LogP contribution is -2.17. The van der Waals surface area contributed by atoms with Crippen LogP contribution >= 0.6 is 11.8 Å². The number of aliphatic hydroxyl groups is 1. The van der Waals surface area contributed by atoms with Gasteiger partial charge < -0.3 is 5.11 Å². The van der Waals surface area contributed by atoms with Crippen molar-refractivity contribution in [2.75, 3.05) is 11.5 Å². The van der Waals surface area contributed by atoms with E-state index in [2.05, 4.69) is 6.07 Å². The Hall–Kier alpha value is -0.200. The molecule has 10 heavy (non-hydrogen) atoms. The minimum Gasteiger partial charge on any atom is -0.392 e. The minimum absolute atomic E-state index is 0.116. The molecule has 1 aliphatic heterocycles. The highest BCUT2D eigenvalue weighted by Gasteiger charge is 2.20. The van der Waals surface area contributed by atoms with Gasteiger partial charge in [0, 0.05) is 0 Å². The van der Waals surface area contributed by atoms with E-state index in [1.165, 1.54) is 0 Å². The van der Waals surface area contributed by atoms with E-state index >= 15 is 0 Å². The highest BCUT2D eigenvalue weighted by Crippen LogP contribution is 2.21. The molecule has 0 aromatic carbocycles. The third-order valence-electron chi connectivity index (χ3n) is 1.76. The fraction of sp³-hybridized carbons (Fsp3) is 0.857. The summed E-state index contributed by atoms with van der Waals surface area (Å²) in [4.78, 5) is 0. The first-order chi connectivity index (χ1) is 4.84. The van der Waals surface area contributed by atoms with Gasteiger partial charge in [-0.15, -0.1) is 0 Å². The second-order valence-corrected chi connectivity index (χ2v) is 3.72. The fourth-order valence-electron chi connectivity index (χ4n) is 1.06. The molecule has 1 fully saturated rings. The van der Waals surface area contributed by atoms with Crippen LogP contribution in [0.5, 0.6) is 0 Å². The second kappa shape index (κ2) is 3.85. The zero-order valence-corrected chi connectivity index (χ0v) is 6.60. The van der Waals surface area contributed by atoms with Crippen molar-refractivity contribution in [2.45, 2.75) is 18.9 Å². The first-order valence-electron chi connectivity index (χ1n) is 3.50. The van der Waals surface area contributed by atoms with Gasteiger partial charge in [-0.05, 0) is 24.3 Å². The molecule has 1 N–H and O–H groups in total. The van der Waals surface area contributed by atoms with E-state index < -0.39 is 0 Å². The van der Waals surface area contributed by atoms with Crippen LogP contribution in [0.15, 0.2) is 0 Å². The number of hydrogen-bond donors (Lipinski definition) is 1. The first kappa shape index (κ1) is 7.90. The van der Waals surface area contributed by atoms with Crippen LogP contribution in [0.4, 0.5) is 0 Å². The summed E-state index contributed by atoms with van der Waals surface area (Å²) in [6.45, 7) is 0. The van der Waals surface area contributed by atoms with E-state index in [0.717, 1.165) is 24.3 Å². The molecule has 0 bridgehead atoms. The van der Waals surface area contributed by atoms with E-state index in [9.17, 15) is 5.11 Å². The van der Waals surface area contributed by atoms with Crippen LogP contribution in [0.1, 0.15) is 12.8 Å². The van der Waals surface area contributed by atoms with Gasteiger partial charge in [0.15, 0.2) is 0 Å². The summed E-state index contributed by atoms with van der Waals surface area (Å²) in [5.74, 6) is 1.91. The van der Waals surface area contributed by atoms with Crippen LogP contribution in [-0.2, 0) is 0 Å². The maximum absolute atomic E-state index is 9.31. The molecule has 3 heteroatoms. The molecule has 0 amide bonds. The maximum atomic E-state index is 9.31. The van der Waals surface area contributed by atoms with Gasteiger partial charge in [-0.3, -0.25) is 0 Å². The van der Waals surface area contributed by atoms with Crippen molar-refractivity contribution < 1.29 is 5.11 Å². The van der Waals surface area contributed by atoms with Gasteiger partial charge in [0.1, 0.15) is 0 Å². The molecule has 0 saturated carbocycles. The standard InChI is InChI=1S/C7H11NOS/c8-5-6-1-3-10-4-2-7(6)9/h6-7,9H,1-4H2/t6-,7-/m1/s1. The van der Waals surface area contributed by atoms with Gasteiger partial charge in [0.25, 0.3) is 0 Å². The summed E-state index contributed by atoms with van der Waals surface area (Å²) < 4.78 is 0. The van der Waals surface area contributed by atoms with Gasteiger partial charge in [0.05, 0.1) is 18.1 Å². The summed E-state index contributed by atoms with van der Waals surface area (Å²) in [7, 11) is 0. The third-order valence-corrected chi connectivity index (χ3v) is 2.81. The van der Waals surface area contributed by atoms with Crippen LogP contribution in [-0.4, -0.2) is 22.7 Å². The van der Waals surface area contributed by atoms with Crippen molar-refractivity contribution in [3.05, 3.63) is 0 Å². The zero-order chi connectivity index (χ0) is 7.40. The Bertz CT molecular complexity index is 143. The predicted octanol–water partition coefficient (Wildman–Crippen LogP) is 1.01. The lowest BCUT2D eigenvalue weighted by atomic mass is 10.00. The first-order valence-corrected chi connectivity index (χ1v) is 4.65. The number of thioether (sulfide) groups is 1. The minimum atomic E-state index is -0.375. The molecular weight excluding hydrogens is 146 g/mol. The number of nitriles is 1. The monoisotopic (exact) mass is 157 g/mol. The molecule has 0 radical (unpaired) electrons. The smallest absolute Gasteiger partial charge is 0.0730 e. The Balaban J connectivity index is 2.45. The molecule has 0 aliphatic carbocycles. The summed E-state index contributed by atoms with van der Waals surface area (Å²) >= 11 is 1.83. The summed E-state index contributed by atoms with van der Waals surface area (Å²) in [6.07, 6.45) is 1.26. The SMILES string of the molecule is N#C[C@H]1CCSCC[C@H]1O. The quantitative estimate of drug-likeness (QED) is 0.571. The van der Waals surface area contributed by atoms with Crippen LogP contribution in [0.2, 0.25) is 0 Å². The summed E-state index contributed by atoms with van der Waals surface area (Å²) in [5.41, 5.74) is 0. The number of rotatable bonds is 0. The molecule has 1 heterocycles. The Morgan fingerprint density at radius 1 is 1.40 bits per heavy atom. The van der Waals surface area contributed by atoms with Gasteiger partial charge in [-0.25, -0.2) is 0 Å². The van der Waals surface area contributed by atoms with Crippen LogP contribution in [0.3, 0.4) is 0 Å². The molecule has 1 rings (SSSR count). The second-order valence-electron chi connectivity index (χ2n) is 2.49. The number of aliphatic hydroxyl groups excluding tert-OH is 1. The number of nitrogens with zero attached hydrogens (tertiary/aromatic N) is 1. The predicted molar refractivity (Wildman–Crippen MR) is 41.7 cm³/mol. The van der Waals surface area contributed by atoms with Crippen molar-refractivity contribution >= 4 is 11.8 Å². The van der Waals surface area contributed by atoms with Gasteiger partial charge >= 0.3 is 0 Å². The Morgan fingerprint density at radius 2 is 2.10 bits per heavy atom. The van der Waals surface area contributed by atoms with Crippen LogP contribution in [0, 0.1) is 17.2 Å². The molecule has 0 spiro atoms. The van der Waals surface area contributed by atoms with Gasteiger partial charge in [0.2, 0.25) is 0 Å². The maximum Gasteiger partial charge on any atom is 0.0730 e.